The van der Waals surface area contributed by atoms with Crippen LogP contribution in [0.15, 0.2) is 24.3 Å². The normalized spacial score (nSPS) is 18.0. The van der Waals surface area contributed by atoms with Crippen molar-refractivity contribution in [3.8, 4) is 0 Å². The minimum absolute atomic E-state index is 0.0231. The van der Waals surface area contributed by atoms with E-state index in [2.05, 4.69) is 29.7 Å². The third-order valence-electron chi connectivity index (χ3n) is 3.80. The smallest absolute Gasteiger partial charge is 0.221 e. The Bertz CT molecular complexity index is 425. The predicted octanol–water partition coefficient (Wildman–Crippen LogP) is 3.63. The highest BCUT2D eigenvalue weighted by atomic mass is 16.1. The molecule has 1 aromatic rings. The molecule has 2 rings (SSSR count). The zero-order valence-corrected chi connectivity index (χ0v) is 11.9. The lowest BCUT2D eigenvalue weighted by Crippen LogP contribution is -2.33. The molecule has 2 N–H and O–H groups in total. The first-order chi connectivity index (χ1) is 9.15. The molecular formula is C16H24N2O. The predicted molar refractivity (Wildman–Crippen MR) is 79.2 cm³/mol. The average Bonchev–Trinajstić information content (AvgIpc) is 2.39. The topological polar surface area (TPSA) is 41.1 Å². The van der Waals surface area contributed by atoms with Crippen LogP contribution in [-0.2, 0) is 4.79 Å². The van der Waals surface area contributed by atoms with Crippen LogP contribution >= 0.6 is 0 Å². The minimum Gasteiger partial charge on any atom is -0.326 e. The van der Waals surface area contributed by atoms with Gasteiger partial charge in [-0.25, -0.2) is 0 Å². The maximum atomic E-state index is 11.1. The van der Waals surface area contributed by atoms with Crippen LogP contribution in [0.5, 0.6) is 0 Å². The quantitative estimate of drug-likeness (QED) is 0.868. The molecule has 19 heavy (non-hydrogen) atoms. The van der Waals surface area contributed by atoms with Crippen LogP contribution < -0.4 is 10.6 Å². The van der Waals surface area contributed by atoms with Crippen LogP contribution in [0.4, 0.5) is 5.69 Å². The van der Waals surface area contributed by atoms with Crippen molar-refractivity contribution in [3.63, 3.8) is 0 Å². The molecule has 1 fully saturated rings. The third kappa shape index (κ3) is 4.35. The van der Waals surface area contributed by atoms with Gasteiger partial charge in [0.2, 0.25) is 5.91 Å². The number of carbonyl (C=O) groups is 1. The standard InChI is InChI=1S/C16H24N2O/c1-12(17-15-8-4-3-5-9-15)14-7-6-10-16(11-14)18-13(2)19/h6-7,10-12,15,17H,3-5,8-9H2,1-2H3,(H,18,19). The molecule has 3 heteroatoms. The first-order valence-electron chi connectivity index (χ1n) is 7.29. The van der Waals surface area contributed by atoms with Crippen molar-refractivity contribution in [2.45, 2.75) is 58.0 Å². The van der Waals surface area contributed by atoms with E-state index in [9.17, 15) is 4.79 Å². The number of rotatable bonds is 4. The van der Waals surface area contributed by atoms with Crippen molar-refractivity contribution < 1.29 is 4.79 Å². The Kier molecular flexibility index (Phi) is 4.97. The number of anilines is 1. The van der Waals surface area contributed by atoms with Gasteiger partial charge in [0.15, 0.2) is 0 Å². The summed E-state index contributed by atoms with van der Waals surface area (Å²) in [4.78, 5) is 11.1. The molecule has 1 atom stereocenters. The maximum absolute atomic E-state index is 11.1. The molecule has 0 aromatic heterocycles. The van der Waals surface area contributed by atoms with E-state index < -0.39 is 0 Å². The van der Waals surface area contributed by atoms with Gasteiger partial charge in [0, 0.05) is 24.7 Å². The van der Waals surface area contributed by atoms with E-state index in [1.165, 1.54) is 44.6 Å². The van der Waals surface area contributed by atoms with Crippen LogP contribution in [0.25, 0.3) is 0 Å². The van der Waals surface area contributed by atoms with Crippen LogP contribution in [-0.4, -0.2) is 11.9 Å². The highest BCUT2D eigenvalue weighted by Crippen LogP contribution is 2.22. The SMILES string of the molecule is CC(=O)Nc1cccc(C(C)NC2CCCCC2)c1. The lowest BCUT2D eigenvalue weighted by atomic mass is 9.94. The Labute approximate surface area is 115 Å². The molecule has 1 aromatic carbocycles. The first-order valence-corrected chi connectivity index (χ1v) is 7.29. The third-order valence-corrected chi connectivity index (χ3v) is 3.80. The highest BCUT2D eigenvalue weighted by molar-refractivity contribution is 5.88. The summed E-state index contributed by atoms with van der Waals surface area (Å²) in [6, 6.07) is 9.08. The number of benzene rings is 1. The zero-order chi connectivity index (χ0) is 13.7. The number of hydrogen-bond donors (Lipinski definition) is 2. The van der Waals surface area contributed by atoms with E-state index in [-0.39, 0.29) is 5.91 Å². The van der Waals surface area contributed by atoms with Crippen LogP contribution in [0.2, 0.25) is 0 Å². The number of nitrogens with one attached hydrogen (secondary N) is 2. The number of amides is 1. The summed E-state index contributed by atoms with van der Waals surface area (Å²) in [6.45, 7) is 3.73. The van der Waals surface area contributed by atoms with Crippen LogP contribution in [0.1, 0.15) is 57.6 Å². The van der Waals surface area contributed by atoms with E-state index >= 15 is 0 Å². The summed E-state index contributed by atoms with van der Waals surface area (Å²) in [5, 5.41) is 6.54. The maximum Gasteiger partial charge on any atom is 0.221 e. The van der Waals surface area contributed by atoms with Gasteiger partial charge in [-0.3, -0.25) is 4.79 Å². The Morgan fingerprint density at radius 1 is 1.26 bits per heavy atom. The molecule has 1 aliphatic rings. The fourth-order valence-electron chi connectivity index (χ4n) is 2.81. The summed E-state index contributed by atoms with van der Waals surface area (Å²) in [5.41, 5.74) is 2.11. The second-order valence-electron chi connectivity index (χ2n) is 5.53. The molecule has 3 nitrogen and oxygen atoms in total. The summed E-state index contributed by atoms with van der Waals surface area (Å²) >= 11 is 0. The Morgan fingerprint density at radius 2 is 2.00 bits per heavy atom. The van der Waals surface area contributed by atoms with E-state index in [0.29, 0.717) is 12.1 Å². The Morgan fingerprint density at radius 3 is 2.68 bits per heavy atom. The van der Waals surface area contributed by atoms with Crippen LogP contribution in [0.3, 0.4) is 0 Å². The fraction of sp³-hybridized carbons (Fsp3) is 0.562. The molecule has 1 unspecified atom stereocenters. The lowest BCUT2D eigenvalue weighted by Gasteiger charge is -2.27. The van der Waals surface area contributed by atoms with Crippen molar-refractivity contribution in [1.82, 2.24) is 5.32 Å². The van der Waals surface area contributed by atoms with Gasteiger partial charge in [-0.15, -0.1) is 0 Å². The Balaban J connectivity index is 1.97. The monoisotopic (exact) mass is 260 g/mol. The van der Waals surface area contributed by atoms with Crippen molar-refractivity contribution in [1.29, 1.82) is 0 Å². The van der Waals surface area contributed by atoms with Crippen molar-refractivity contribution in [2.24, 2.45) is 0 Å². The fourth-order valence-corrected chi connectivity index (χ4v) is 2.81. The molecule has 1 saturated carbocycles. The first kappa shape index (κ1) is 14.1. The van der Waals surface area contributed by atoms with E-state index in [1.54, 1.807) is 0 Å². The molecule has 1 amide bonds. The summed E-state index contributed by atoms with van der Waals surface area (Å²) in [6.07, 6.45) is 6.64. The second-order valence-corrected chi connectivity index (χ2v) is 5.53. The van der Waals surface area contributed by atoms with Crippen molar-refractivity contribution in [2.75, 3.05) is 5.32 Å². The molecule has 0 radical (unpaired) electrons. The Hall–Kier alpha value is -1.35. The molecule has 0 aliphatic heterocycles. The van der Waals surface area contributed by atoms with Gasteiger partial charge in [-0.2, -0.15) is 0 Å². The molecule has 0 bridgehead atoms. The summed E-state index contributed by atoms with van der Waals surface area (Å²) in [5.74, 6) is -0.0231. The largest absolute Gasteiger partial charge is 0.326 e. The molecule has 104 valence electrons. The van der Waals surface area contributed by atoms with E-state index in [1.807, 2.05) is 12.1 Å². The highest BCUT2D eigenvalue weighted by Gasteiger charge is 2.16. The van der Waals surface area contributed by atoms with E-state index in [4.69, 9.17) is 0 Å². The van der Waals surface area contributed by atoms with Gasteiger partial charge < -0.3 is 10.6 Å². The van der Waals surface area contributed by atoms with Gasteiger partial charge in [0.25, 0.3) is 0 Å². The van der Waals surface area contributed by atoms with Crippen LogP contribution in [0, 0.1) is 0 Å². The summed E-state index contributed by atoms with van der Waals surface area (Å²) < 4.78 is 0. The second kappa shape index (κ2) is 6.71. The average molecular weight is 260 g/mol. The van der Waals surface area contributed by atoms with Gasteiger partial charge in [-0.05, 0) is 37.5 Å². The summed E-state index contributed by atoms with van der Waals surface area (Å²) in [7, 11) is 0. The number of hydrogen-bond acceptors (Lipinski definition) is 2. The van der Waals surface area contributed by atoms with E-state index in [0.717, 1.165) is 5.69 Å². The molecule has 1 aliphatic carbocycles. The number of carbonyl (C=O) groups excluding carboxylic acids is 1. The van der Waals surface area contributed by atoms with Gasteiger partial charge in [0.05, 0.1) is 0 Å². The molecular weight excluding hydrogens is 236 g/mol. The lowest BCUT2D eigenvalue weighted by molar-refractivity contribution is -0.114. The molecule has 0 spiro atoms. The van der Waals surface area contributed by atoms with Crippen molar-refractivity contribution >= 4 is 11.6 Å². The molecule has 0 saturated heterocycles. The van der Waals surface area contributed by atoms with Gasteiger partial charge >= 0.3 is 0 Å². The molecule has 0 heterocycles. The minimum atomic E-state index is -0.0231. The zero-order valence-electron chi connectivity index (χ0n) is 11.9. The van der Waals surface area contributed by atoms with Crippen molar-refractivity contribution in [3.05, 3.63) is 29.8 Å². The van der Waals surface area contributed by atoms with Gasteiger partial charge in [0.1, 0.15) is 0 Å². The van der Waals surface area contributed by atoms with Gasteiger partial charge in [-0.1, -0.05) is 31.4 Å².